The Morgan fingerprint density at radius 3 is 2.60 bits per heavy atom. The van der Waals surface area contributed by atoms with Crippen LogP contribution >= 0.6 is 0 Å². The Kier molecular flexibility index (Phi) is 5.69. The van der Waals surface area contributed by atoms with E-state index in [2.05, 4.69) is 10.5 Å². The van der Waals surface area contributed by atoms with E-state index in [0.717, 1.165) is 12.1 Å². The Morgan fingerprint density at radius 2 is 2.03 bits per heavy atom. The van der Waals surface area contributed by atoms with Gasteiger partial charge in [-0.3, -0.25) is 9.59 Å². The molecule has 2 aromatic rings. The highest BCUT2D eigenvalue weighted by molar-refractivity contribution is 5.94. The highest BCUT2D eigenvalue weighted by atomic mass is 19.4. The standard InChI is InChI=1S/C19H18F3N5O3/c1-11-7-15(25-30-11)18(29)26-5-6-27(16(10-26)17(28)24-2)13-4-3-12(9-23)14(8-13)19(20,21)22/h3-4,7-8,16H,5-6,10H2,1-2H3,(H,24,28). The lowest BCUT2D eigenvalue weighted by atomic mass is 10.0. The maximum absolute atomic E-state index is 13.3. The molecule has 0 saturated carbocycles. The quantitative estimate of drug-likeness (QED) is 0.813. The van der Waals surface area contributed by atoms with Crippen molar-refractivity contribution in [3.05, 3.63) is 46.8 Å². The minimum atomic E-state index is -4.72. The average Bonchev–Trinajstić information content (AvgIpc) is 3.17. The summed E-state index contributed by atoms with van der Waals surface area (Å²) in [7, 11) is 1.40. The van der Waals surface area contributed by atoms with E-state index in [1.54, 1.807) is 6.92 Å². The van der Waals surface area contributed by atoms with Crippen molar-refractivity contribution in [3.63, 3.8) is 0 Å². The van der Waals surface area contributed by atoms with Crippen molar-refractivity contribution in [2.24, 2.45) is 0 Å². The fourth-order valence-corrected chi connectivity index (χ4v) is 3.34. The van der Waals surface area contributed by atoms with Crippen molar-refractivity contribution in [1.29, 1.82) is 5.26 Å². The number of benzene rings is 1. The van der Waals surface area contributed by atoms with Gasteiger partial charge in [0.25, 0.3) is 5.91 Å². The number of nitrogens with one attached hydrogen (secondary N) is 1. The molecule has 1 unspecified atom stereocenters. The van der Waals surface area contributed by atoms with Crippen LogP contribution in [0.3, 0.4) is 0 Å². The molecule has 0 spiro atoms. The Balaban J connectivity index is 1.92. The Labute approximate surface area is 169 Å². The number of anilines is 1. The normalized spacial score (nSPS) is 16.9. The van der Waals surface area contributed by atoms with Gasteiger partial charge in [0.1, 0.15) is 11.8 Å². The Hall–Kier alpha value is -3.55. The van der Waals surface area contributed by atoms with E-state index in [1.165, 1.54) is 35.0 Å². The van der Waals surface area contributed by atoms with E-state index in [4.69, 9.17) is 9.78 Å². The SMILES string of the molecule is CNC(=O)C1CN(C(=O)c2cc(C)on2)CCN1c1ccc(C#N)c(C(F)(F)F)c1. The third-order valence-electron chi connectivity index (χ3n) is 4.82. The first kappa shape index (κ1) is 21.2. The van der Waals surface area contributed by atoms with Crippen molar-refractivity contribution in [2.45, 2.75) is 19.1 Å². The summed E-state index contributed by atoms with van der Waals surface area (Å²) in [5.41, 5.74) is -1.35. The van der Waals surface area contributed by atoms with Crippen LogP contribution in [0.5, 0.6) is 0 Å². The van der Waals surface area contributed by atoms with Crippen molar-refractivity contribution >= 4 is 17.5 Å². The number of hydrogen-bond donors (Lipinski definition) is 1. The lowest BCUT2D eigenvalue weighted by Crippen LogP contribution is -2.60. The molecule has 0 radical (unpaired) electrons. The zero-order chi connectivity index (χ0) is 22.1. The highest BCUT2D eigenvalue weighted by Crippen LogP contribution is 2.35. The molecule has 1 aromatic carbocycles. The van der Waals surface area contributed by atoms with E-state index >= 15 is 0 Å². The molecule has 1 aromatic heterocycles. The monoisotopic (exact) mass is 421 g/mol. The summed E-state index contributed by atoms with van der Waals surface area (Å²) < 4.78 is 44.9. The third kappa shape index (κ3) is 4.07. The van der Waals surface area contributed by atoms with Gasteiger partial charge in [-0.1, -0.05) is 5.16 Å². The van der Waals surface area contributed by atoms with E-state index in [9.17, 15) is 22.8 Å². The molecule has 3 rings (SSSR count). The minimum Gasteiger partial charge on any atom is -0.361 e. The van der Waals surface area contributed by atoms with Crippen LogP contribution in [0.15, 0.2) is 28.8 Å². The first-order chi connectivity index (χ1) is 14.2. The second kappa shape index (κ2) is 8.06. The van der Waals surface area contributed by atoms with E-state index in [0.29, 0.717) is 5.76 Å². The first-order valence-corrected chi connectivity index (χ1v) is 8.98. The fraction of sp³-hybridized carbons (Fsp3) is 0.368. The third-order valence-corrected chi connectivity index (χ3v) is 4.82. The highest BCUT2D eigenvalue weighted by Gasteiger charge is 2.38. The predicted octanol–water partition coefficient (Wildman–Crippen LogP) is 1.95. The number of carbonyl (C=O) groups excluding carboxylic acids is 2. The smallest absolute Gasteiger partial charge is 0.361 e. The molecular formula is C19H18F3N5O3. The summed E-state index contributed by atoms with van der Waals surface area (Å²) >= 11 is 0. The second-order valence-corrected chi connectivity index (χ2v) is 6.74. The predicted molar refractivity (Wildman–Crippen MR) is 98.5 cm³/mol. The summed E-state index contributed by atoms with van der Waals surface area (Å²) in [5, 5.41) is 15.1. The largest absolute Gasteiger partial charge is 0.417 e. The van der Waals surface area contributed by atoms with Crippen molar-refractivity contribution in [2.75, 3.05) is 31.6 Å². The van der Waals surface area contributed by atoms with Gasteiger partial charge in [0, 0.05) is 31.9 Å². The van der Waals surface area contributed by atoms with Crippen LogP contribution in [-0.4, -0.2) is 54.6 Å². The maximum atomic E-state index is 13.3. The number of halogens is 3. The number of aryl methyl sites for hydroxylation is 1. The number of likely N-dealkylation sites (N-methyl/N-ethyl adjacent to an activating group) is 1. The number of carbonyl (C=O) groups is 2. The van der Waals surface area contributed by atoms with Gasteiger partial charge >= 0.3 is 6.18 Å². The number of nitriles is 1. The van der Waals surface area contributed by atoms with Crippen LogP contribution < -0.4 is 10.2 Å². The second-order valence-electron chi connectivity index (χ2n) is 6.74. The van der Waals surface area contributed by atoms with Gasteiger partial charge in [-0.2, -0.15) is 18.4 Å². The summed E-state index contributed by atoms with van der Waals surface area (Å²) in [6.07, 6.45) is -4.72. The molecule has 1 N–H and O–H groups in total. The van der Waals surface area contributed by atoms with Gasteiger partial charge in [0.2, 0.25) is 5.91 Å². The molecule has 0 bridgehead atoms. The number of alkyl halides is 3. The van der Waals surface area contributed by atoms with E-state index < -0.39 is 35.2 Å². The molecular weight excluding hydrogens is 403 g/mol. The summed E-state index contributed by atoms with van der Waals surface area (Å²) in [4.78, 5) is 28.0. The van der Waals surface area contributed by atoms with Gasteiger partial charge in [-0.15, -0.1) is 0 Å². The summed E-state index contributed by atoms with van der Waals surface area (Å²) in [5.74, 6) is -0.435. The Morgan fingerprint density at radius 1 is 1.30 bits per heavy atom. The lowest BCUT2D eigenvalue weighted by molar-refractivity contribution is -0.137. The van der Waals surface area contributed by atoms with Crippen molar-refractivity contribution in [1.82, 2.24) is 15.4 Å². The van der Waals surface area contributed by atoms with Crippen LogP contribution in [0, 0.1) is 18.3 Å². The molecule has 1 aliphatic heterocycles. The summed E-state index contributed by atoms with van der Waals surface area (Å²) in [6.45, 7) is 1.87. The van der Waals surface area contributed by atoms with Crippen LogP contribution in [0.1, 0.15) is 27.4 Å². The van der Waals surface area contributed by atoms with Gasteiger partial charge in [-0.25, -0.2) is 0 Å². The van der Waals surface area contributed by atoms with Crippen LogP contribution in [-0.2, 0) is 11.0 Å². The zero-order valence-electron chi connectivity index (χ0n) is 16.2. The molecule has 8 nitrogen and oxygen atoms in total. The molecule has 1 saturated heterocycles. The molecule has 2 amide bonds. The van der Waals surface area contributed by atoms with E-state index in [1.807, 2.05) is 0 Å². The summed E-state index contributed by atoms with van der Waals surface area (Å²) in [6, 6.07) is 5.38. The maximum Gasteiger partial charge on any atom is 0.417 e. The van der Waals surface area contributed by atoms with Gasteiger partial charge in [0.15, 0.2) is 5.69 Å². The molecule has 2 heterocycles. The molecule has 0 aliphatic carbocycles. The van der Waals surface area contributed by atoms with Gasteiger partial charge < -0.3 is 19.6 Å². The van der Waals surface area contributed by atoms with E-state index in [-0.39, 0.29) is 31.0 Å². The van der Waals surface area contributed by atoms with Crippen molar-refractivity contribution in [3.8, 4) is 6.07 Å². The van der Waals surface area contributed by atoms with Gasteiger partial charge in [-0.05, 0) is 25.1 Å². The number of rotatable bonds is 3. The van der Waals surface area contributed by atoms with Crippen molar-refractivity contribution < 1.29 is 27.3 Å². The molecule has 1 aliphatic rings. The number of aromatic nitrogens is 1. The fourth-order valence-electron chi connectivity index (χ4n) is 3.34. The molecule has 1 atom stereocenters. The molecule has 1 fully saturated rings. The zero-order valence-corrected chi connectivity index (χ0v) is 16.2. The Bertz CT molecular complexity index is 1010. The minimum absolute atomic E-state index is 0.0498. The molecule has 30 heavy (non-hydrogen) atoms. The molecule has 158 valence electrons. The number of nitrogens with zero attached hydrogens (tertiary/aromatic N) is 4. The van der Waals surface area contributed by atoms with Gasteiger partial charge in [0.05, 0.1) is 23.7 Å². The topological polar surface area (TPSA) is 102 Å². The lowest BCUT2D eigenvalue weighted by Gasteiger charge is -2.41. The van der Waals surface area contributed by atoms with Crippen LogP contribution in [0.25, 0.3) is 0 Å². The number of amides is 2. The number of piperazine rings is 1. The molecule has 11 heteroatoms. The first-order valence-electron chi connectivity index (χ1n) is 8.98. The number of hydrogen-bond acceptors (Lipinski definition) is 6. The van der Waals surface area contributed by atoms with Crippen LogP contribution in [0.2, 0.25) is 0 Å². The van der Waals surface area contributed by atoms with Crippen LogP contribution in [0.4, 0.5) is 18.9 Å². The average molecular weight is 421 g/mol.